The van der Waals surface area contributed by atoms with Crippen LogP contribution >= 0.6 is 0 Å². The Bertz CT molecular complexity index is 556. The van der Waals surface area contributed by atoms with E-state index in [1.807, 2.05) is 0 Å². The van der Waals surface area contributed by atoms with Crippen LogP contribution in [-0.4, -0.2) is 54.3 Å². The summed E-state index contributed by atoms with van der Waals surface area (Å²) in [6.45, 7) is 1.67. The molecule has 2 saturated carbocycles. The molecule has 0 radical (unpaired) electrons. The second-order valence-electron chi connectivity index (χ2n) is 8.79. The summed E-state index contributed by atoms with van der Waals surface area (Å²) in [4.78, 5) is 39.7. The predicted octanol–water partition coefficient (Wildman–Crippen LogP) is 1.31. The van der Waals surface area contributed by atoms with Crippen LogP contribution in [0.3, 0.4) is 0 Å². The summed E-state index contributed by atoms with van der Waals surface area (Å²) >= 11 is 0. The Morgan fingerprint density at radius 3 is 2.29 bits per heavy atom. The summed E-state index contributed by atoms with van der Waals surface area (Å²) in [5.41, 5.74) is 5.59. The summed E-state index contributed by atoms with van der Waals surface area (Å²) in [6.07, 6.45) is 11.6. The summed E-state index contributed by atoms with van der Waals surface area (Å²) in [6, 6.07) is -1.21. The summed E-state index contributed by atoms with van der Waals surface area (Å²) < 4.78 is 0. The quantitative estimate of drug-likeness (QED) is 0.634. The number of rotatable bonds is 6. The molecule has 28 heavy (non-hydrogen) atoms. The number of carbonyl (C=O) groups is 3. The Labute approximate surface area is 168 Å². The van der Waals surface area contributed by atoms with E-state index in [2.05, 4.69) is 10.6 Å². The zero-order valence-electron chi connectivity index (χ0n) is 17.0. The fourth-order valence-corrected chi connectivity index (χ4v) is 5.06. The van der Waals surface area contributed by atoms with Gasteiger partial charge in [-0.15, -0.1) is 0 Å². The van der Waals surface area contributed by atoms with Gasteiger partial charge >= 0.3 is 0 Å². The van der Waals surface area contributed by atoms with Crippen LogP contribution in [0.1, 0.15) is 70.6 Å². The minimum absolute atomic E-state index is 0.0383. The molecule has 0 aromatic heterocycles. The molecular weight excluding hydrogens is 356 g/mol. The smallest absolute Gasteiger partial charge is 0.244 e. The molecule has 1 saturated heterocycles. The van der Waals surface area contributed by atoms with Gasteiger partial charge in [-0.05, 0) is 25.2 Å². The van der Waals surface area contributed by atoms with Crippen LogP contribution in [0.4, 0.5) is 0 Å². The van der Waals surface area contributed by atoms with Crippen LogP contribution in [-0.2, 0) is 14.4 Å². The molecule has 3 amide bonds. The van der Waals surface area contributed by atoms with Gasteiger partial charge in [-0.2, -0.15) is 0 Å². The fraction of sp³-hybridized carbons (Fsp3) is 0.857. The maximum absolute atomic E-state index is 13.0. The van der Waals surface area contributed by atoms with E-state index >= 15 is 0 Å². The van der Waals surface area contributed by atoms with Gasteiger partial charge in [0.25, 0.3) is 0 Å². The van der Waals surface area contributed by atoms with Crippen molar-refractivity contribution in [2.75, 3.05) is 19.6 Å². The first kappa shape index (κ1) is 21.1. The molecule has 2 atom stereocenters. The number of hydrogen-bond donors (Lipinski definition) is 3. The highest BCUT2D eigenvalue weighted by Crippen LogP contribution is 2.28. The minimum atomic E-state index is -0.649. The lowest BCUT2D eigenvalue weighted by Gasteiger charge is -2.38. The Morgan fingerprint density at radius 2 is 1.64 bits per heavy atom. The molecule has 0 unspecified atom stereocenters. The van der Waals surface area contributed by atoms with Gasteiger partial charge in [0.2, 0.25) is 17.7 Å². The van der Waals surface area contributed by atoms with E-state index in [4.69, 9.17) is 5.73 Å². The zero-order chi connectivity index (χ0) is 19.9. The van der Waals surface area contributed by atoms with Crippen molar-refractivity contribution in [1.29, 1.82) is 0 Å². The minimum Gasteiger partial charge on any atom is -0.368 e. The highest BCUT2D eigenvalue weighted by Gasteiger charge is 2.37. The topological polar surface area (TPSA) is 105 Å². The third kappa shape index (κ3) is 5.46. The number of nitrogens with zero attached hydrogens (tertiary/aromatic N) is 1. The van der Waals surface area contributed by atoms with E-state index < -0.39 is 18.0 Å². The standard InChI is InChI=1S/C21H36N4O3/c22-19(26)17(13-15-7-3-1-4-8-15)24-20(27)18-14-23-11-12-25(18)21(28)16-9-5-2-6-10-16/h15-18,23H,1-14H2,(H2,22,26)(H,24,27)/t17-,18+/m0/s1. The van der Waals surface area contributed by atoms with Crippen molar-refractivity contribution in [3.8, 4) is 0 Å². The number of primary amides is 1. The fourth-order valence-electron chi connectivity index (χ4n) is 5.06. The second-order valence-corrected chi connectivity index (χ2v) is 8.79. The number of nitrogens with one attached hydrogen (secondary N) is 2. The van der Waals surface area contributed by atoms with Crippen LogP contribution in [0, 0.1) is 11.8 Å². The largest absolute Gasteiger partial charge is 0.368 e. The number of nitrogens with two attached hydrogens (primary N) is 1. The molecule has 4 N–H and O–H groups in total. The maximum Gasteiger partial charge on any atom is 0.244 e. The Hall–Kier alpha value is -1.63. The Kier molecular flexibility index (Phi) is 7.71. The summed E-state index contributed by atoms with van der Waals surface area (Å²) in [5, 5.41) is 6.09. The van der Waals surface area contributed by atoms with Crippen molar-refractivity contribution < 1.29 is 14.4 Å². The third-order valence-electron chi connectivity index (χ3n) is 6.74. The number of piperazine rings is 1. The summed E-state index contributed by atoms with van der Waals surface area (Å²) in [7, 11) is 0. The Balaban J connectivity index is 1.61. The average Bonchev–Trinajstić information content (AvgIpc) is 2.74. The lowest BCUT2D eigenvalue weighted by Crippen LogP contribution is -2.62. The van der Waals surface area contributed by atoms with Gasteiger partial charge in [0.15, 0.2) is 0 Å². The highest BCUT2D eigenvalue weighted by atomic mass is 16.2. The summed E-state index contributed by atoms with van der Waals surface area (Å²) in [5.74, 6) is -0.152. The van der Waals surface area contributed by atoms with Gasteiger partial charge in [0.05, 0.1) is 0 Å². The second kappa shape index (κ2) is 10.2. The molecule has 3 aliphatic rings. The molecule has 2 aliphatic carbocycles. The normalized spacial score (nSPS) is 25.9. The number of carbonyl (C=O) groups excluding carboxylic acids is 3. The van der Waals surface area contributed by atoms with Crippen molar-refractivity contribution in [3.63, 3.8) is 0 Å². The van der Waals surface area contributed by atoms with E-state index in [1.165, 1.54) is 25.7 Å². The van der Waals surface area contributed by atoms with E-state index in [-0.39, 0.29) is 17.7 Å². The zero-order valence-corrected chi connectivity index (χ0v) is 17.0. The Morgan fingerprint density at radius 1 is 1.00 bits per heavy atom. The van der Waals surface area contributed by atoms with Gasteiger partial charge in [-0.1, -0.05) is 51.4 Å². The van der Waals surface area contributed by atoms with Crippen LogP contribution in [0.25, 0.3) is 0 Å². The van der Waals surface area contributed by atoms with Crippen molar-refractivity contribution in [1.82, 2.24) is 15.5 Å². The third-order valence-corrected chi connectivity index (χ3v) is 6.74. The molecule has 0 bridgehead atoms. The first-order chi connectivity index (χ1) is 13.6. The molecule has 158 valence electrons. The maximum atomic E-state index is 13.0. The molecule has 1 aliphatic heterocycles. The molecular formula is C21H36N4O3. The van der Waals surface area contributed by atoms with Crippen molar-refractivity contribution in [2.45, 2.75) is 82.7 Å². The lowest BCUT2D eigenvalue weighted by molar-refractivity contribution is -0.146. The number of hydrogen-bond acceptors (Lipinski definition) is 4. The molecule has 0 spiro atoms. The van der Waals surface area contributed by atoms with E-state index in [9.17, 15) is 14.4 Å². The lowest BCUT2D eigenvalue weighted by atomic mass is 9.84. The molecule has 7 heteroatoms. The van der Waals surface area contributed by atoms with Gasteiger partial charge in [-0.25, -0.2) is 0 Å². The number of amides is 3. The first-order valence-electron chi connectivity index (χ1n) is 11.2. The highest BCUT2D eigenvalue weighted by molar-refractivity contribution is 5.92. The van der Waals surface area contributed by atoms with Gasteiger partial charge in [0, 0.05) is 25.6 Å². The predicted molar refractivity (Wildman–Crippen MR) is 107 cm³/mol. The van der Waals surface area contributed by atoms with Gasteiger partial charge in [0.1, 0.15) is 12.1 Å². The van der Waals surface area contributed by atoms with Gasteiger partial charge in [-0.3, -0.25) is 14.4 Å². The van der Waals surface area contributed by atoms with E-state index in [1.54, 1.807) is 4.90 Å². The van der Waals surface area contributed by atoms with Gasteiger partial charge < -0.3 is 21.3 Å². The molecule has 3 fully saturated rings. The molecule has 0 aromatic rings. The van der Waals surface area contributed by atoms with E-state index in [0.717, 1.165) is 38.5 Å². The molecule has 1 heterocycles. The SMILES string of the molecule is NC(=O)[C@H](CC1CCCCC1)NC(=O)[C@H]1CNCCN1C(=O)C1CCCCC1. The average molecular weight is 393 g/mol. The first-order valence-corrected chi connectivity index (χ1v) is 11.2. The van der Waals surface area contributed by atoms with Crippen LogP contribution in [0.15, 0.2) is 0 Å². The van der Waals surface area contributed by atoms with Crippen LogP contribution < -0.4 is 16.4 Å². The molecule has 0 aromatic carbocycles. The monoisotopic (exact) mass is 392 g/mol. The van der Waals surface area contributed by atoms with Crippen LogP contribution in [0.5, 0.6) is 0 Å². The van der Waals surface area contributed by atoms with Crippen molar-refractivity contribution in [3.05, 3.63) is 0 Å². The van der Waals surface area contributed by atoms with Crippen molar-refractivity contribution >= 4 is 17.7 Å². The van der Waals surface area contributed by atoms with E-state index in [0.29, 0.717) is 32.0 Å². The molecule has 7 nitrogen and oxygen atoms in total. The van der Waals surface area contributed by atoms with Crippen molar-refractivity contribution in [2.24, 2.45) is 17.6 Å². The van der Waals surface area contributed by atoms with Crippen LogP contribution in [0.2, 0.25) is 0 Å². The molecule has 3 rings (SSSR count).